The van der Waals surface area contributed by atoms with E-state index in [1.807, 2.05) is 33.0 Å². The fraction of sp³-hybridized carbons (Fsp3) is 0.815. The molecular formula is C27H48N4O3. The molecule has 1 amide bonds. The second-order valence-corrected chi connectivity index (χ2v) is 10.6. The normalized spacial score (nSPS) is 24.0. The fourth-order valence-electron chi connectivity index (χ4n) is 5.95. The molecule has 1 aromatic heterocycles. The number of likely N-dealkylation sites (tertiary alicyclic amines) is 1. The van der Waals surface area contributed by atoms with Gasteiger partial charge in [-0.25, -0.2) is 0 Å². The molecule has 1 saturated heterocycles. The van der Waals surface area contributed by atoms with Crippen molar-refractivity contribution in [2.75, 3.05) is 33.2 Å². The highest BCUT2D eigenvalue weighted by Gasteiger charge is 2.47. The van der Waals surface area contributed by atoms with E-state index in [9.17, 15) is 9.90 Å². The number of hydrogen-bond acceptors (Lipinski definition) is 6. The molecule has 0 bridgehead atoms. The largest absolute Gasteiger partial charge is 0.469 e. The average molecular weight is 477 g/mol. The van der Waals surface area contributed by atoms with Crippen LogP contribution in [-0.2, 0) is 11.2 Å². The van der Waals surface area contributed by atoms with Gasteiger partial charge in [-0.3, -0.25) is 9.69 Å². The molecule has 2 fully saturated rings. The van der Waals surface area contributed by atoms with E-state index >= 15 is 0 Å². The third-order valence-corrected chi connectivity index (χ3v) is 8.21. The highest BCUT2D eigenvalue weighted by molar-refractivity contribution is 5.81. The molecule has 1 saturated carbocycles. The van der Waals surface area contributed by atoms with Crippen molar-refractivity contribution in [1.29, 1.82) is 0 Å². The number of likely N-dealkylation sites (N-methyl/N-ethyl adjacent to an activating group) is 2. The number of furan rings is 1. The smallest absolute Gasteiger partial charge is 0.237 e. The van der Waals surface area contributed by atoms with Gasteiger partial charge in [0.1, 0.15) is 11.5 Å². The summed E-state index contributed by atoms with van der Waals surface area (Å²) >= 11 is 0. The van der Waals surface area contributed by atoms with Crippen LogP contribution in [0.1, 0.15) is 77.9 Å². The Kier molecular flexibility index (Phi) is 10.4. The second kappa shape index (κ2) is 13.1. The lowest BCUT2D eigenvalue weighted by Crippen LogP contribution is -2.66. The van der Waals surface area contributed by atoms with Crippen molar-refractivity contribution in [3.05, 3.63) is 24.2 Å². The zero-order valence-corrected chi connectivity index (χ0v) is 21.9. The Labute approximate surface area is 206 Å². The predicted molar refractivity (Wildman–Crippen MR) is 137 cm³/mol. The van der Waals surface area contributed by atoms with E-state index in [1.165, 1.54) is 25.7 Å². The maximum Gasteiger partial charge on any atom is 0.237 e. The molecule has 0 spiro atoms. The van der Waals surface area contributed by atoms with Crippen LogP contribution in [0, 0.1) is 5.92 Å². The van der Waals surface area contributed by atoms with Crippen molar-refractivity contribution in [2.45, 2.75) is 102 Å². The van der Waals surface area contributed by atoms with Gasteiger partial charge in [-0.05, 0) is 71.2 Å². The zero-order valence-electron chi connectivity index (χ0n) is 21.9. The van der Waals surface area contributed by atoms with E-state index in [-0.39, 0.29) is 24.0 Å². The van der Waals surface area contributed by atoms with E-state index in [0.29, 0.717) is 5.92 Å². The summed E-state index contributed by atoms with van der Waals surface area (Å²) in [7, 11) is 1.81. The van der Waals surface area contributed by atoms with Gasteiger partial charge < -0.3 is 25.1 Å². The van der Waals surface area contributed by atoms with E-state index in [2.05, 4.69) is 27.4 Å². The molecule has 1 aromatic rings. The molecule has 2 heterocycles. The monoisotopic (exact) mass is 476 g/mol. The van der Waals surface area contributed by atoms with Gasteiger partial charge in [0.2, 0.25) is 5.91 Å². The van der Waals surface area contributed by atoms with Crippen LogP contribution in [0.5, 0.6) is 0 Å². The molecule has 194 valence electrons. The summed E-state index contributed by atoms with van der Waals surface area (Å²) in [4.78, 5) is 17.7. The Morgan fingerprint density at radius 3 is 2.62 bits per heavy atom. The first-order chi connectivity index (χ1) is 16.4. The number of nitrogens with zero attached hydrogens (tertiary/aromatic N) is 2. The van der Waals surface area contributed by atoms with Gasteiger partial charge in [0, 0.05) is 32.1 Å². The van der Waals surface area contributed by atoms with E-state index in [0.717, 1.165) is 64.0 Å². The molecule has 3 rings (SSSR count). The Morgan fingerprint density at radius 1 is 1.26 bits per heavy atom. The summed E-state index contributed by atoms with van der Waals surface area (Å²) in [6.07, 6.45) is 11.8. The molecule has 3 N–H and O–H groups in total. The van der Waals surface area contributed by atoms with Gasteiger partial charge in [-0.15, -0.1) is 0 Å². The van der Waals surface area contributed by atoms with Crippen LogP contribution in [0.4, 0.5) is 0 Å². The Bertz CT molecular complexity index is 715. The first-order valence-corrected chi connectivity index (χ1v) is 13.6. The van der Waals surface area contributed by atoms with E-state index < -0.39 is 5.72 Å². The van der Waals surface area contributed by atoms with Crippen LogP contribution in [0.15, 0.2) is 22.8 Å². The lowest BCUT2D eigenvalue weighted by molar-refractivity contribution is -0.151. The van der Waals surface area contributed by atoms with Crippen LogP contribution >= 0.6 is 0 Å². The number of rotatable bonds is 12. The van der Waals surface area contributed by atoms with E-state index in [1.54, 1.807) is 6.26 Å². The third kappa shape index (κ3) is 7.06. The molecule has 0 aromatic carbocycles. The van der Waals surface area contributed by atoms with Crippen LogP contribution in [0.25, 0.3) is 0 Å². The van der Waals surface area contributed by atoms with Crippen LogP contribution in [-0.4, -0.2) is 77.9 Å². The number of aliphatic hydroxyl groups is 1. The van der Waals surface area contributed by atoms with Crippen molar-refractivity contribution in [2.24, 2.45) is 5.92 Å². The summed E-state index contributed by atoms with van der Waals surface area (Å²) in [5, 5.41) is 18.5. The highest BCUT2D eigenvalue weighted by Crippen LogP contribution is 2.35. The molecule has 7 heteroatoms. The molecule has 2 aliphatic rings. The minimum Gasteiger partial charge on any atom is -0.469 e. The predicted octanol–water partition coefficient (Wildman–Crippen LogP) is 3.38. The van der Waals surface area contributed by atoms with Crippen LogP contribution in [0.2, 0.25) is 0 Å². The van der Waals surface area contributed by atoms with Crippen molar-refractivity contribution < 1.29 is 14.3 Å². The molecule has 4 atom stereocenters. The van der Waals surface area contributed by atoms with Gasteiger partial charge in [-0.1, -0.05) is 32.6 Å². The molecule has 1 unspecified atom stereocenters. The zero-order chi connectivity index (χ0) is 24.6. The van der Waals surface area contributed by atoms with Crippen molar-refractivity contribution in [3.63, 3.8) is 0 Å². The minimum absolute atomic E-state index is 0.0265. The van der Waals surface area contributed by atoms with Crippen molar-refractivity contribution in [3.8, 4) is 0 Å². The van der Waals surface area contributed by atoms with E-state index in [4.69, 9.17) is 4.42 Å². The standard InChI is InChI=1S/C27H48N4O3/c1-5-30(18-16-24-15-11-19-34-24)20-23-14-10-17-31(23)27(3,33)25(29-26(32)21(2)28-4)22-12-8-6-7-9-13-22/h11,15,19,21-23,25,28,33H,5-10,12-14,16-18,20H2,1-4H3,(H,29,32)/t21-,23-,25-,27?/m0/s1. The lowest BCUT2D eigenvalue weighted by Gasteiger charge is -2.47. The minimum atomic E-state index is -1.08. The molecular weight excluding hydrogens is 428 g/mol. The topological polar surface area (TPSA) is 81.0 Å². The van der Waals surface area contributed by atoms with Crippen LogP contribution < -0.4 is 10.6 Å². The second-order valence-electron chi connectivity index (χ2n) is 10.6. The molecule has 7 nitrogen and oxygen atoms in total. The molecule has 34 heavy (non-hydrogen) atoms. The van der Waals surface area contributed by atoms with Crippen LogP contribution in [0.3, 0.4) is 0 Å². The molecule has 0 radical (unpaired) electrons. The number of amides is 1. The fourth-order valence-corrected chi connectivity index (χ4v) is 5.95. The van der Waals surface area contributed by atoms with Gasteiger partial charge in [0.25, 0.3) is 0 Å². The van der Waals surface area contributed by atoms with Crippen molar-refractivity contribution in [1.82, 2.24) is 20.4 Å². The summed E-state index contributed by atoms with van der Waals surface area (Å²) in [5.41, 5.74) is -1.08. The first kappa shape index (κ1) is 27.2. The number of carbonyl (C=O) groups is 1. The maximum absolute atomic E-state index is 13.0. The Morgan fingerprint density at radius 2 is 2.00 bits per heavy atom. The average Bonchev–Trinajstić information content (AvgIpc) is 3.46. The summed E-state index contributed by atoms with van der Waals surface area (Å²) in [6.45, 7) is 9.73. The van der Waals surface area contributed by atoms with Gasteiger partial charge in [0.15, 0.2) is 0 Å². The SMILES string of the molecule is CCN(CCc1ccco1)C[C@@H]1CCCN1C(C)(O)[C@@H](NC(=O)[C@H](C)NC)C1CCCCCC1. The first-order valence-electron chi connectivity index (χ1n) is 13.6. The summed E-state index contributed by atoms with van der Waals surface area (Å²) < 4.78 is 5.53. The third-order valence-electron chi connectivity index (χ3n) is 8.21. The Hall–Kier alpha value is -1.41. The van der Waals surface area contributed by atoms with Gasteiger partial charge in [-0.2, -0.15) is 0 Å². The van der Waals surface area contributed by atoms with Gasteiger partial charge in [0.05, 0.1) is 18.3 Å². The van der Waals surface area contributed by atoms with Crippen molar-refractivity contribution >= 4 is 5.91 Å². The number of nitrogens with one attached hydrogen (secondary N) is 2. The Balaban J connectivity index is 1.73. The number of carbonyl (C=O) groups excluding carboxylic acids is 1. The van der Waals surface area contributed by atoms with Gasteiger partial charge >= 0.3 is 0 Å². The molecule has 1 aliphatic carbocycles. The summed E-state index contributed by atoms with van der Waals surface area (Å²) in [5.74, 6) is 1.29. The lowest BCUT2D eigenvalue weighted by atomic mass is 9.84. The quantitative estimate of drug-likeness (QED) is 0.401. The molecule has 1 aliphatic heterocycles. The highest BCUT2D eigenvalue weighted by atomic mass is 16.3. The number of hydrogen-bond donors (Lipinski definition) is 3. The maximum atomic E-state index is 13.0. The summed E-state index contributed by atoms with van der Waals surface area (Å²) in [6, 6.07) is 3.70.